The molecular formula is C17H22ClFN4O. The van der Waals surface area contributed by atoms with Gasteiger partial charge in [-0.15, -0.1) is 12.4 Å². The van der Waals surface area contributed by atoms with E-state index in [0.29, 0.717) is 18.7 Å². The molecule has 130 valence electrons. The Hall–Kier alpha value is -1.92. The van der Waals surface area contributed by atoms with Gasteiger partial charge in [0.15, 0.2) is 0 Å². The molecule has 0 radical (unpaired) electrons. The lowest BCUT2D eigenvalue weighted by Crippen LogP contribution is -2.32. The van der Waals surface area contributed by atoms with Crippen molar-refractivity contribution in [1.82, 2.24) is 14.7 Å². The van der Waals surface area contributed by atoms with Crippen LogP contribution in [0.25, 0.3) is 5.69 Å². The average molecular weight is 353 g/mol. The number of amides is 1. The van der Waals surface area contributed by atoms with E-state index in [1.54, 1.807) is 27.9 Å². The van der Waals surface area contributed by atoms with E-state index >= 15 is 0 Å². The zero-order valence-electron chi connectivity index (χ0n) is 13.8. The molecule has 5 nitrogen and oxygen atoms in total. The van der Waals surface area contributed by atoms with Crippen LogP contribution in [-0.2, 0) is 0 Å². The molecule has 1 aromatic heterocycles. The highest BCUT2D eigenvalue weighted by Crippen LogP contribution is 2.25. The van der Waals surface area contributed by atoms with E-state index < -0.39 is 0 Å². The Bertz CT molecular complexity index is 714. The molecular weight excluding hydrogens is 331 g/mol. The third-order valence-corrected chi connectivity index (χ3v) is 4.17. The lowest BCUT2D eigenvalue weighted by Gasteiger charge is -2.18. The van der Waals surface area contributed by atoms with Crippen molar-refractivity contribution in [3.8, 4) is 5.69 Å². The molecule has 7 heteroatoms. The van der Waals surface area contributed by atoms with Gasteiger partial charge in [-0.2, -0.15) is 5.10 Å². The van der Waals surface area contributed by atoms with Crippen LogP contribution >= 0.6 is 12.4 Å². The van der Waals surface area contributed by atoms with Gasteiger partial charge < -0.3 is 10.6 Å². The maximum atomic E-state index is 13.1. The number of halogens is 2. The molecule has 1 fully saturated rings. The first kappa shape index (κ1) is 18.4. The normalized spacial score (nSPS) is 17.2. The van der Waals surface area contributed by atoms with Crippen LogP contribution in [0.3, 0.4) is 0 Å². The van der Waals surface area contributed by atoms with Gasteiger partial charge in [-0.05, 0) is 36.6 Å². The fourth-order valence-corrected chi connectivity index (χ4v) is 3.01. The van der Waals surface area contributed by atoms with Gasteiger partial charge >= 0.3 is 0 Å². The van der Waals surface area contributed by atoms with Crippen LogP contribution in [-0.4, -0.2) is 39.7 Å². The first-order chi connectivity index (χ1) is 11.0. The average Bonchev–Trinajstić information content (AvgIpc) is 3.13. The summed E-state index contributed by atoms with van der Waals surface area (Å²) in [6.07, 6.45) is 2.43. The van der Waals surface area contributed by atoms with Gasteiger partial charge in [0.25, 0.3) is 5.91 Å². The summed E-state index contributed by atoms with van der Waals surface area (Å²) < 4.78 is 14.8. The molecule has 2 N–H and O–H groups in total. The first-order valence-electron chi connectivity index (χ1n) is 7.86. The molecule has 0 spiro atoms. The third-order valence-electron chi connectivity index (χ3n) is 4.17. The van der Waals surface area contributed by atoms with Crippen LogP contribution in [0.15, 0.2) is 30.5 Å². The van der Waals surface area contributed by atoms with Gasteiger partial charge in [-0.25, -0.2) is 9.07 Å². The van der Waals surface area contributed by atoms with Gasteiger partial charge in [-0.1, -0.05) is 13.8 Å². The molecule has 3 rings (SSSR count). The molecule has 1 saturated heterocycles. The Morgan fingerprint density at radius 1 is 1.33 bits per heavy atom. The predicted molar refractivity (Wildman–Crippen MR) is 93.4 cm³/mol. The third kappa shape index (κ3) is 3.44. The number of rotatable bonds is 3. The second-order valence-corrected chi connectivity index (χ2v) is 6.29. The lowest BCUT2D eigenvalue weighted by molar-refractivity contribution is 0.0789. The number of nitrogens with zero attached hydrogens (tertiary/aromatic N) is 3. The molecule has 1 aliphatic heterocycles. The van der Waals surface area contributed by atoms with Crippen molar-refractivity contribution in [2.45, 2.75) is 32.2 Å². The maximum Gasteiger partial charge on any atom is 0.257 e. The van der Waals surface area contributed by atoms with Crippen molar-refractivity contribution < 1.29 is 9.18 Å². The van der Waals surface area contributed by atoms with E-state index in [9.17, 15) is 9.18 Å². The Balaban J connectivity index is 0.00000208. The molecule has 2 heterocycles. The SMILES string of the molecule is CC(C)c1c(C(=O)N2CC[C@@H](N)C2)cnn1-c1ccc(F)cc1.Cl. The van der Waals surface area contributed by atoms with Crippen LogP contribution in [0, 0.1) is 5.82 Å². The number of benzene rings is 1. The number of nitrogens with two attached hydrogens (primary N) is 1. The number of hydrogen-bond acceptors (Lipinski definition) is 3. The molecule has 1 amide bonds. The topological polar surface area (TPSA) is 64.2 Å². The van der Waals surface area contributed by atoms with E-state index in [1.807, 2.05) is 13.8 Å². The van der Waals surface area contributed by atoms with Crippen LogP contribution < -0.4 is 5.73 Å². The minimum atomic E-state index is -0.297. The Labute approximate surface area is 147 Å². The first-order valence-corrected chi connectivity index (χ1v) is 7.86. The van der Waals surface area contributed by atoms with Crippen molar-refractivity contribution in [1.29, 1.82) is 0 Å². The van der Waals surface area contributed by atoms with Gasteiger partial charge in [0.05, 0.1) is 23.1 Å². The van der Waals surface area contributed by atoms with Crippen LogP contribution in [0.4, 0.5) is 4.39 Å². The molecule has 0 aliphatic carbocycles. The van der Waals surface area contributed by atoms with E-state index in [0.717, 1.165) is 17.8 Å². The van der Waals surface area contributed by atoms with Crippen LogP contribution in [0.5, 0.6) is 0 Å². The number of hydrogen-bond donors (Lipinski definition) is 1. The summed E-state index contributed by atoms with van der Waals surface area (Å²) in [6.45, 7) is 5.30. The summed E-state index contributed by atoms with van der Waals surface area (Å²) in [5.74, 6) is -0.220. The highest BCUT2D eigenvalue weighted by Gasteiger charge is 2.29. The number of carbonyl (C=O) groups is 1. The minimum absolute atomic E-state index is 0. The van der Waals surface area contributed by atoms with Crippen molar-refractivity contribution >= 4 is 18.3 Å². The number of likely N-dealkylation sites (tertiary alicyclic amines) is 1. The summed E-state index contributed by atoms with van der Waals surface area (Å²) in [5.41, 5.74) is 8.07. The van der Waals surface area contributed by atoms with Gasteiger partial charge in [0.2, 0.25) is 0 Å². The highest BCUT2D eigenvalue weighted by atomic mass is 35.5. The largest absolute Gasteiger partial charge is 0.337 e. The highest BCUT2D eigenvalue weighted by molar-refractivity contribution is 5.95. The molecule has 0 saturated carbocycles. The number of aromatic nitrogens is 2. The Morgan fingerprint density at radius 3 is 2.54 bits per heavy atom. The Morgan fingerprint density at radius 2 is 2.00 bits per heavy atom. The zero-order valence-corrected chi connectivity index (χ0v) is 14.6. The minimum Gasteiger partial charge on any atom is -0.337 e. The fraction of sp³-hybridized carbons (Fsp3) is 0.412. The smallest absolute Gasteiger partial charge is 0.257 e. The molecule has 2 aromatic rings. The van der Waals surface area contributed by atoms with Gasteiger partial charge in [0, 0.05) is 19.1 Å². The van der Waals surface area contributed by atoms with E-state index in [1.165, 1.54) is 12.1 Å². The molecule has 24 heavy (non-hydrogen) atoms. The van der Waals surface area contributed by atoms with Crippen LogP contribution in [0.2, 0.25) is 0 Å². The second kappa shape index (κ2) is 7.32. The van der Waals surface area contributed by atoms with E-state index in [4.69, 9.17) is 5.73 Å². The van der Waals surface area contributed by atoms with Crippen molar-refractivity contribution in [3.05, 3.63) is 47.5 Å². The van der Waals surface area contributed by atoms with Crippen molar-refractivity contribution in [3.63, 3.8) is 0 Å². The molecule has 0 unspecified atom stereocenters. The standard InChI is InChI=1S/C17H21FN4O.ClH/c1-11(2)16-15(17(23)21-8-7-13(19)10-21)9-20-22(16)14-5-3-12(18)4-6-14;/h3-6,9,11,13H,7-8,10,19H2,1-2H3;1H/t13-;/m1./s1. The molecule has 1 aliphatic rings. The van der Waals surface area contributed by atoms with Crippen molar-refractivity contribution in [2.24, 2.45) is 5.73 Å². The summed E-state index contributed by atoms with van der Waals surface area (Å²) in [4.78, 5) is 14.6. The monoisotopic (exact) mass is 352 g/mol. The summed E-state index contributed by atoms with van der Waals surface area (Å²) in [5, 5.41) is 4.36. The zero-order chi connectivity index (χ0) is 16.6. The van der Waals surface area contributed by atoms with Crippen molar-refractivity contribution in [2.75, 3.05) is 13.1 Å². The quantitative estimate of drug-likeness (QED) is 0.923. The Kier molecular flexibility index (Phi) is 5.62. The molecule has 1 atom stereocenters. The second-order valence-electron chi connectivity index (χ2n) is 6.29. The van der Waals surface area contributed by atoms with Crippen LogP contribution in [0.1, 0.15) is 42.2 Å². The summed E-state index contributed by atoms with van der Waals surface area (Å²) in [6, 6.07) is 6.15. The number of carbonyl (C=O) groups excluding carboxylic acids is 1. The maximum absolute atomic E-state index is 13.1. The predicted octanol–water partition coefficient (Wildman–Crippen LogP) is 2.73. The molecule has 0 bridgehead atoms. The van der Waals surface area contributed by atoms with Gasteiger partial charge in [0.1, 0.15) is 5.82 Å². The lowest BCUT2D eigenvalue weighted by atomic mass is 10.0. The summed E-state index contributed by atoms with van der Waals surface area (Å²) in [7, 11) is 0. The molecule has 1 aromatic carbocycles. The van der Waals surface area contributed by atoms with E-state index in [-0.39, 0.29) is 36.1 Å². The summed E-state index contributed by atoms with van der Waals surface area (Å²) >= 11 is 0. The van der Waals surface area contributed by atoms with E-state index in [2.05, 4.69) is 5.10 Å². The van der Waals surface area contributed by atoms with Gasteiger partial charge in [-0.3, -0.25) is 4.79 Å². The fourth-order valence-electron chi connectivity index (χ4n) is 3.01.